The number of nitrogens with one attached hydrogen (secondary N) is 2. The molecule has 3 aromatic rings. The number of hydrogen-bond donors (Lipinski definition) is 2. The summed E-state index contributed by atoms with van der Waals surface area (Å²) >= 11 is 5.83. The summed E-state index contributed by atoms with van der Waals surface area (Å²) in [5.74, 6) is -0.850. The van der Waals surface area contributed by atoms with E-state index in [2.05, 4.69) is 25.6 Å². The molecule has 2 N–H and O–H groups in total. The number of hydrogen-bond acceptors (Lipinski definition) is 7. The van der Waals surface area contributed by atoms with E-state index in [1.54, 1.807) is 32.3 Å². The van der Waals surface area contributed by atoms with E-state index in [0.717, 1.165) is 0 Å². The third-order valence-corrected chi connectivity index (χ3v) is 5.61. The minimum absolute atomic E-state index is 0.0173. The summed E-state index contributed by atoms with van der Waals surface area (Å²) in [5.41, 5.74) is -1.30. The number of alkyl carbamates (subject to hydrolysis) is 1. The molecular formula is C25H23ClFN7O3. The molecule has 0 bridgehead atoms. The summed E-state index contributed by atoms with van der Waals surface area (Å²) in [6, 6.07) is 9.11. The van der Waals surface area contributed by atoms with Gasteiger partial charge in [-0.05, 0) is 58.0 Å². The number of carbonyl (C=O) groups excluding carboxylic acids is 2. The molecule has 4 rings (SSSR count). The van der Waals surface area contributed by atoms with Crippen LogP contribution in [0.1, 0.15) is 55.3 Å². The molecule has 0 spiro atoms. The average Bonchev–Trinajstić information content (AvgIpc) is 3.22. The van der Waals surface area contributed by atoms with Gasteiger partial charge in [0.15, 0.2) is 11.7 Å². The Morgan fingerprint density at radius 3 is 2.59 bits per heavy atom. The van der Waals surface area contributed by atoms with Gasteiger partial charge in [0.05, 0.1) is 17.8 Å². The molecule has 0 aliphatic carbocycles. The number of aromatic nitrogens is 3. The first-order valence-electron chi connectivity index (χ1n) is 11.2. The zero-order valence-electron chi connectivity index (χ0n) is 20.5. The van der Waals surface area contributed by atoms with Gasteiger partial charge in [0.1, 0.15) is 34.4 Å². The van der Waals surface area contributed by atoms with Crippen LogP contribution in [0.2, 0.25) is 5.02 Å². The molecule has 1 aromatic carbocycles. The van der Waals surface area contributed by atoms with E-state index in [1.165, 1.54) is 42.7 Å². The van der Waals surface area contributed by atoms with Crippen LogP contribution in [-0.2, 0) is 16.8 Å². The smallest absolute Gasteiger partial charge is 0.413 e. The average molecular weight is 524 g/mol. The summed E-state index contributed by atoms with van der Waals surface area (Å²) in [5, 5.41) is 15.2. The normalized spacial score (nSPS) is 16.7. The molecule has 1 aliphatic heterocycles. The van der Waals surface area contributed by atoms with Crippen LogP contribution in [0.15, 0.2) is 47.7 Å². The minimum Gasteiger partial charge on any atom is -0.444 e. The maximum absolute atomic E-state index is 15.2. The molecule has 1 unspecified atom stereocenters. The summed E-state index contributed by atoms with van der Waals surface area (Å²) in [6.07, 6.45) is 1.92. The fourth-order valence-corrected chi connectivity index (χ4v) is 3.92. The van der Waals surface area contributed by atoms with Gasteiger partial charge in [-0.2, -0.15) is 5.26 Å². The van der Waals surface area contributed by atoms with Crippen molar-refractivity contribution in [3.8, 4) is 6.07 Å². The van der Waals surface area contributed by atoms with Crippen LogP contribution < -0.4 is 10.6 Å². The molecule has 3 heterocycles. The lowest BCUT2D eigenvalue weighted by Crippen LogP contribution is -2.44. The van der Waals surface area contributed by atoms with Crippen molar-refractivity contribution in [1.29, 1.82) is 5.26 Å². The number of nitriles is 1. The monoisotopic (exact) mass is 523 g/mol. The van der Waals surface area contributed by atoms with E-state index in [0.29, 0.717) is 10.7 Å². The minimum atomic E-state index is -1.28. The molecule has 2 aromatic heterocycles. The molecule has 0 saturated heterocycles. The Kier molecular flexibility index (Phi) is 6.71. The van der Waals surface area contributed by atoms with E-state index in [-0.39, 0.29) is 35.2 Å². The van der Waals surface area contributed by atoms with Crippen molar-refractivity contribution in [3.05, 3.63) is 76.3 Å². The Balaban J connectivity index is 1.71. The van der Waals surface area contributed by atoms with E-state index < -0.39 is 29.0 Å². The number of anilines is 1. The van der Waals surface area contributed by atoms with Crippen LogP contribution in [0.4, 0.5) is 14.9 Å². The number of amides is 2. The third-order valence-electron chi connectivity index (χ3n) is 5.39. The number of halogens is 2. The number of aliphatic imine (C=N–C) groups is 1. The van der Waals surface area contributed by atoms with Crippen LogP contribution in [-0.4, -0.2) is 38.0 Å². The predicted molar refractivity (Wildman–Crippen MR) is 134 cm³/mol. The highest BCUT2D eigenvalue weighted by atomic mass is 35.5. The number of fused-ring (bicyclic) bond motifs is 1. The van der Waals surface area contributed by atoms with Gasteiger partial charge in [-0.25, -0.2) is 19.2 Å². The second-order valence-corrected chi connectivity index (χ2v) is 9.97. The molecule has 0 radical (unpaired) electrons. The zero-order chi connectivity index (χ0) is 27.0. The number of amidine groups is 1. The SMILES string of the molecule is CC(C)(C)OC(=O)NC1=NC(C)(c2cc(NC(=O)c3ccc(Cl)cn3)ccc2F)Cn2c(C#N)cnc21. The zero-order valence-corrected chi connectivity index (χ0v) is 21.2. The Bertz CT molecular complexity index is 1450. The molecular weight excluding hydrogens is 501 g/mol. The number of rotatable bonds is 3. The maximum Gasteiger partial charge on any atom is 0.413 e. The van der Waals surface area contributed by atoms with Gasteiger partial charge in [0.2, 0.25) is 0 Å². The third kappa shape index (κ3) is 5.59. The predicted octanol–water partition coefficient (Wildman–Crippen LogP) is 4.39. The largest absolute Gasteiger partial charge is 0.444 e. The quantitative estimate of drug-likeness (QED) is 0.522. The Labute approximate surface area is 217 Å². The van der Waals surface area contributed by atoms with Crippen molar-refractivity contribution in [2.75, 3.05) is 5.32 Å². The van der Waals surface area contributed by atoms with Crippen molar-refractivity contribution in [3.63, 3.8) is 0 Å². The Hall–Kier alpha value is -4.30. The number of imidazole rings is 1. The van der Waals surface area contributed by atoms with Crippen LogP contribution in [0.5, 0.6) is 0 Å². The maximum atomic E-state index is 15.2. The van der Waals surface area contributed by atoms with Crippen molar-refractivity contribution in [1.82, 2.24) is 19.9 Å². The highest BCUT2D eigenvalue weighted by Crippen LogP contribution is 2.35. The fourth-order valence-electron chi connectivity index (χ4n) is 3.80. The van der Waals surface area contributed by atoms with Gasteiger partial charge in [-0.3, -0.25) is 15.1 Å². The molecule has 190 valence electrons. The standard InChI is InChI=1S/C25H23ClFN7O3/c1-24(2,3)37-23(36)32-20-21-30-12-16(10-28)34(21)13-25(4,33-20)17-9-15(6-7-18(17)27)31-22(35)19-8-5-14(26)11-29-19/h5-9,11-12H,13H2,1-4H3,(H,31,35)(H,32,33,36). The summed E-state index contributed by atoms with van der Waals surface area (Å²) in [7, 11) is 0. The van der Waals surface area contributed by atoms with Crippen LogP contribution >= 0.6 is 11.6 Å². The van der Waals surface area contributed by atoms with E-state index in [1.807, 2.05) is 6.07 Å². The molecule has 10 nitrogen and oxygen atoms in total. The van der Waals surface area contributed by atoms with E-state index in [9.17, 15) is 14.9 Å². The molecule has 1 atom stereocenters. The number of nitrogens with zero attached hydrogens (tertiary/aromatic N) is 5. The summed E-state index contributed by atoms with van der Waals surface area (Å²) in [4.78, 5) is 38.0. The molecule has 37 heavy (non-hydrogen) atoms. The van der Waals surface area contributed by atoms with Gasteiger partial charge in [0.25, 0.3) is 5.91 Å². The number of benzene rings is 1. The molecule has 12 heteroatoms. The van der Waals surface area contributed by atoms with Crippen molar-refractivity contribution in [2.24, 2.45) is 4.99 Å². The highest BCUT2D eigenvalue weighted by Gasteiger charge is 2.38. The van der Waals surface area contributed by atoms with Crippen LogP contribution in [0.25, 0.3) is 0 Å². The molecule has 2 amide bonds. The molecule has 0 fully saturated rings. The summed E-state index contributed by atoms with van der Waals surface area (Å²) < 4.78 is 22.1. The number of pyridine rings is 1. The number of carbonyl (C=O) groups is 2. The van der Waals surface area contributed by atoms with E-state index >= 15 is 4.39 Å². The van der Waals surface area contributed by atoms with Gasteiger partial charge >= 0.3 is 6.09 Å². The molecule has 0 saturated carbocycles. The first-order chi connectivity index (χ1) is 17.4. The Morgan fingerprint density at radius 1 is 1.19 bits per heavy atom. The van der Waals surface area contributed by atoms with Crippen LogP contribution in [0, 0.1) is 17.1 Å². The second kappa shape index (κ2) is 9.63. The van der Waals surface area contributed by atoms with Crippen molar-refractivity contribution < 1.29 is 18.7 Å². The van der Waals surface area contributed by atoms with Gasteiger partial charge in [0, 0.05) is 17.4 Å². The van der Waals surface area contributed by atoms with Gasteiger partial charge in [-0.15, -0.1) is 0 Å². The lowest BCUT2D eigenvalue weighted by Gasteiger charge is -2.33. The van der Waals surface area contributed by atoms with Gasteiger partial charge < -0.3 is 14.6 Å². The second-order valence-electron chi connectivity index (χ2n) is 9.54. The highest BCUT2D eigenvalue weighted by molar-refractivity contribution is 6.30. The van der Waals surface area contributed by atoms with Gasteiger partial charge in [-0.1, -0.05) is 11.6 Å². The number of ether oxygens (including phenoxy) is 1. The first-order valence-corrected chi connectivity index (χ1v) is 11.5. The fraction of sp³-hybridized carbons (Fsp3) is 0.280. The Morgan fingerprint density at radius 2 is 1.95 bits per heavy atom. The van der Waals surface area contributed by atoms with Crippen molar-refractivity contribution >= 4 is 35.1 Å². The summed E-state index contributed by atoms with van der Waals surface area (Å²) in [6.45, 7) is 6.84. The van der Waals surface area contributed by atoms with E-state index in [4.69, 9.17) is 16.3 Å². The van der Waals surface area contributed by atoms with Crippen LogP contribution in [0.3, 0.4) is 0 Å². The van der Waals surface area contributed by atoms with Crippen molar-refractivity contribution in [2.45, 2.75) is 45.4 Å². The first kappa shape index (κ1) is 25.8. The topological polar surface area (TPSA) is 134 Å². The molecule has 1 aliphatic rings. The lowest BCUT2D eigenvalue weighted by molar-refractivity contribution is 0.0562. The lowest BCUT2D eigenvalue weighted by atomic mass is 9.90.